The largest absolute Gasteiger partial charge is 0.497 e. The van der Waals surface area contributed by atoms with Crippen LogP contribution in [0.3, 0.4) is 0 Å². The van der Waals surface area contributed by atoms with E-state index >= 15 is 0 Å². The normalized spacial score (nSPS) is 18.2. The molecule has 1 aromatic heterocycles. The lowest BCUT2D eigenvalue weighted by Crippen LogP contribution is -2.46. The van der Waals surface area contributed by atoms with Crippen molar-refractivity contribution < 1.29 is 14.3 Å². The van der Waals surface area contributed by atoms with Gasteiger partial charge in [-0.1, -0.05) is 0 Å². The average Bonchev–Trinajstić information content (AvgIpc) is 2.79. The number of piperidine rings is 1. The van der Waals surface area contributed by atoms with E-state index in [0.29, 0.717) is 13.2 Å². The number of amides is 1. The van der Waals surface area contributed by atoms with Crippen molar-refractivity contribution in [2.45, 2.75) is 12.8 Å². The molecule has 28 heavy (non-hydrogen) atoms. The van der Waals surface area contributed by atoms with Gasteiger partial charge in [0.1, 0.15) is 17.9 Å². The Morgan fingerprint density at radius 1 is 1.07 bits per heavy atom. The third kappa shape index (κ3) is 4.09. The maximum absolute atomic E-state index is 12.7. The molecule has 0 aliphatic carbocycles. The Morgan fingerprint density at radius 2 is 1.79 bits per heavy atom. The van der Waals surface area contributed by atoms with Gasteiger partial charge in [-0.3, -0.25) is 4.79 Å². The minimum atomic E-state index is 0.109. The van der Waals surface area contributed by atoms with Crippen LogP contribution in [-0.2, 0) is 9.53 Å². The Kier molecular flexibility index (Phi) is 5.71. The van der Waals surface area contributed by atoms with Crippen molar-refractivity contribution in [2.75, 3.05) is 51.4 Å². The molecule has 0 bridgehead atoms. The fraction of sp³-hybridized carbons (Fsp3) is 0.476. The SMILES string of the molecule is COc1ccc(-c2cc(N3CCC(C(=O)N4CCOCC4)CC3)ncn2)cc1. The van der Waals surface area contributed by atoms with Crippen LogP contribution in [-0.4, -0.2) is 67.3 Å². The first-order chi connectivity index (χ1) is 13.7. The highest BCUT2D eigenvalue weighted by atomic mass is 16.5. The molecule has 0 atom stereocenters. The molecule has 7 heteroatoms. The third-order valence-corrected chi connectivity index (χ3v) is 5.53. The molecule has 2 fully saturated rings. The number of aromatic nitrogens is 2. The summed E-state index contributed by atoms with van der Waals surface area (Å²) in [7, 11) is 1.66. The van der Waals surface area contributed by atoms with Crippen molar-refractivity contribution in [1.82, 2.24) is 14.9 Å². The van der Waals surface area contributed by atoms with Crippen LogP contribution in [0.1, 0.15) is 12.8 Å². The summed E-state index contributed by atoms with van der Waals surface area (Å²) in [4.78, 5) is 25.8. The molecule has 1 amide bonds. The second kappa shape index (κ2) is 8.56. The topological polar surface area (TPSA) is 67.8 Å². The smallest absolute Gasteiger partial charge is 0.225 e. The molecule has 4 rings (SSSR count). The molecule has 0 radical (unpaired) electrons. The van der Waals surface area contributed by atoms with E-state index < -0.39 is 0 Å². The molecule has 2 aromatic rings. The second-order valence-electron chi connectivity index (χ2n) is 7.19. The summed E-state index contributed by atoms with van der Waals surface area (Å²) in [5.74, 6) is 2.13. The van der Waals surface area contributed by atoms with Gasteiger partial charge in [0.15, 0.2) is 0 Å². The zero-order chi connectivity index (χ0) is 19.3. The Morgan fingerprint density at radius 3 is 2.46 bits per heavy atom. The molecule has 0 spiro atoms. The first kappa shape index (κ1) is 18.7. The predicted octanol–water partition coefficient (Wildman–Crippen LogP) is 2.23. The molecule has 2 saturated heterocycles. The molecule has 3 heterocycles. The first-order valence-electron chi connectivity index (χ1n) is 9.82. The van der Waals surface area contributed by atoms with Crippen molar-refractivity contribution in [3.05, 3.63) is 36.7 Å². The van der Waals surface area contributed by atoms with Crippen LogP contribution in [0.15, 0.2) is 36.7 Å². The summed E-state index contributed by atoms with van der Waals surface area (Å²) in [6.45, 7) is 4.41. The highest BCUT2D eigenvalue weighted by molar-refractivity contribution is 5.79. The molecule has 2 aliphatic rings. The van der Waals surface area contributed by atoms with Crippen LogP contribution < -0.4 is 9.64 Å². The monoisotopic (exact) mass is 382 g/mol. The lowest BCUT2D eigenvalue weighted by molar-refractivity contribution is -0.140. The summed E-state index contributed by atoms with van der Waals surface area (Å²) >= 11 is 0. The quantitative estimate of drug-likeness (QED) is 0.808. The molecule has 1 aromatic carbocycles. The van der Waals surface area contributed by atoms with Gasteiger partial charge in [-0.2, -0.15) is 0 Å². The molecule has 7 nitrogen and oxygen atoms in total. The standard InChI is InChI=1S/C21H26N4O3/c1-27-18-4-2-16(3-5-18)19-14-20(23-15-22-19)24-8-6-17(7-9-24)21(26)25-10-12-28-13-11-25/h2-5,14-15,17H,6-13H2,1H3. The fourth-order valence-electron chi connectivity index (χ4n) is 3.84. The molecule has 0 N–H and O–H groups in total. The Hall–Kier alpha value is -2.67. The van der Waals surface area contributed by atoms with Crippen molar-refractivity contribution in [3.63, 3.8) is 0 Å². The van der Waals surface area contributed by atoms with Gasteiger partial charge in [0.05, 0.1) is 26.0 Å². The molecule has 0 saturated carbocycles. The van der Waals surface area contributed by atoms with Crippen LogP contribution in [0.4, 0.5) is 5.82 Å². The van der Waals surface area contributed by atoms with Crippen molar-refractivity contribution in [3.8, 4) is 17.0 Å². The van der Waals surface area contributed by atoms with Gasteiger partial charge in [0.2, 0.25) is 5.91 Å². The van der Waals surface area contributed by atoms with E-state index in [4.69, 9.17) is 9.47 Å². The zero-order valence-electron chi connectivity index (χ0n) is 16.2. The van der Waals surface area contributed by atoms with E-state index in [1.165, 1.54) is 0 Å². The lowest BCUT2D eigenvalue weighted by Gasteiger charge is -2.36. The number of morpholine rings is 1. The van der Waals surface area contributed by atoms with E-state index in [9.17, 15) is 4.79 Å². The third-order valence-electron chi connectivity index (χ3n) is 5.53. The number of carbonyl (C=O) groups excluding carboxylic acids is 1. The summed E-state index contributed by atoms with van der Waals surface area (Å²) in [5, 5.41) is 0. The van der Waals surface area contributed by atoms with Crippen molar-refractivity contribution in [2.24, 2.45) is 5.92 Å². The van der Waals surface area contributed by atoms with E-state index in [1.54, 1.807) is 13.4 Å². The maximum atomic E-state index is 12.7. The molecule has 2 aliphatic heterocycles. The van der Waals surface area contributed by atoms with Crippen LogP contribution in [0.25, 0.3) is 11.3 Å². The van der Waals surface area contributed by atoms with E-state index in [-0.39, 0.29) is 11.8 Å². The van der Waals surface area contributed by atoms with Crippen LogP contribution in [0.5, 0.6) is 5.75 Å². The van der Waals surface area contributed by atoms with E-state index in [0.717, 1.165) is 61.8 Å². The lowest BCUT2D eigenvalue weighted by atomic mass is 9.95. The highest BCUT2D eigenvalue weighted by Crippen LogP contribution is 2.27. The minimum absolute atomic E-state index is 0.109. The minimum Gasteiger partial charge on any atom is -0.497 e. The number of benzene rings is 1. The number of anilines is 1. The number of rotatable bonds is 4. The van der Waals surface area contributed by atoms with Crippen LogP contribution >= 0.6 is 0 Å². The van der Waals surface area contributed by atoms with Crippen LogP contribution in [0, 0.1) is 5.92 Å². The van der Waals surface area contributed by atoms with E-state index in [1.807, 2.05) is 35.2 Å². The predicted molar refractivity (Wildman–Crippen MR) is 106 cm³/mol. The number of carbonyl (C=O) groups is 1. The van der Waals surface area contributed by atoms with Gasteiger partial charge in [-0.25, -0.2) is 9.97 Å². The summed E-state index contributed by atoms with van der Waals surface area (Å²) in [6.07, 6.45) is 3.33. The number of hydrogen-bond acceptors (Lipinski definition) is 6. The van der Waals surface area contributed by atoms with Crippen LogP contribution in [0.2, 0.25) is 0 Å². The zero-order valence-corrected chi connectivity index (χ0v) is 16.2. The Balaban J connectivity index is 1.39. The van der Waals surface area contributed by atoms with Gasteiger partial charge >= 0.3 is 0 Å². The number of methoxy groups -OCH3 is 1. The van der Waals surface area contributed by atoms with Crippen molar-refractivity contribution >= 4 is 11.7 Å². The van der Waals surface area contributed by atoms with Gasteiger partial charge in [0, 0.05) is 43.7 Å². The van der Waals surface area contributed by atoms with Crippen molar-refractivity contribution in [1.29, 1.82) is 0 Å². The number of hydrogen-bond donors (Lipinski definition) is 0. The highest BCUT2D eigenvalue weighted by Gasteiger charge is 2.29. The van der Waals surface area contributed by atoms with Gasteiger partial charge < -0.3 is 19.3 Å². The molecule has 148 valence electrons. The van der Waals surface area contributed by atoms with Gasteiger partial charge in [0.25, 0.3) is 0 Å². The Bertz CT molecular complexity index is 798. The second-order valence-corrected chi connectivity index (χ2v) is 7.19. The summed E-state index contributed by atoms with van der Waals surface area (Å²) in [6, 6.07) is 9.88. The Labute approximate surface area is 165 Å². The molecular weight excluding hydrogens is 356 g/mol. The van der Waals surface area contributed by atoms with E-state index in [2.05, 4.69) is 14.9 Å². The summed E-state index contributed by atoms with van der Waals surface area (Å²) < 4.78 is 10.6. The number of ether oxygens (including phenoxy) is 2. The molecular formula is C21H26N4O3. The van der Waals surface area contributed by atoms with Gasteiger partial charge in [-0.05, 0) is 37.1 Å². The average molecular weight is 382 g/mol. The first-order valence-corrected chi connectivity index (χ1v) is 9.82. The fourth-order valence-corrected chi connectivity index (χ4v) is 3.84. The summed E-state index contributed by atoms with van der Waals surface area (Å²) in [5.41, 5.74) is 1.92. The maximum Gasteiger partial charge on any atom is 0.225 e. The molecule has 0 unspecified atom stereocenters. The number of nitrogens with zero attached hydrogens (tertiary/aromatic N) is 4. The van der Waals surface area contributed by atoms with Gasteiger partial charge in [-0.15, -0.1) is 0 Å².